The number of benzene rings is 2. The van der Waals surface area contributed by atoms with Crippen molar-refractivity contribution in [1.29, 1.82) is 0 Å². The van der Waals surface area contributed by atoms with Gasteiger partial charge in [0.1, 0.15) is 12.4 Å². The first-order valence-corrected chi connectivity index (χ1v) is 10.6. The standard InChI is InChI=1S/C21H26N4O2S/c1-4-24(5-2)20(26)15-28-21-23-22-19(25(21)6-3)14-27-18-13-9-11-16-10-7-8-12-17(16)18/h7-13H,4-6,14-15H2,1-3H3. The van der Waals surface area contributed by atoms with E-state index in [1.54, 1.807) is 0 Å². The second-order valence-corrected chi connectivity index (χ2v) is 7.21. The van der Waals surface area contributed by atoms with E-state index in [9.17, 15) is 4.79 Å². The molecular formula is C21H26N4O2S. The average molecular weight is 399 g/mol. The zero-order valence-corrected chi connectivity index (χ0v) is 17.4. The summed E-state index contributed by atoms with van der Waals surface area (Å²) in [6.07, 6.45) is 0. The quantitative estimate of drug-likeness (QED) is 0.510. The summed E-state index contributed by atoms with van der Waals surface area (Å²) in [6.45, 7) is 8.52. The van der Waals surface area contributed by atoms with E-state index >= 15 is 0 Å². The van der Waals surface area contributed by atoms with E-state index in [1.165, 1.54) is 11.8 Å². The Morgan fingerprint density at radius 1 is 1.07 bits per heavy atom. The van der Waals surface area contributed by atoms with Crippen LogP contribution in [0.5, 0.6) is 5.75 Å². The van der Waals surface area contributed by atoms with Crippen LogP contribution in [0.1, 0.15) is 26.6 Å². The van der Waals surface area contributed by atoms with E-state index in [4.69, 9.17) is 4.74 Å². The summed E-state index contributed by atoms with van der Waals surface area (Å²) in [5, 5.41) is 11.5. The van der Waals surface area contributed by atoms with Gasteiger partial charge in [-0.2, -0.15) is 0 Å². The van der Waals surface area contributed by atoms with Crippen molar-refractivity contribution in [1.82, 2.24) is 19.7 Å². The van der Waals surface area contributed by atoms with Crippen LogP contribution in [0, 0.1) is 0 Å². The third kappa shape index (κ3) is 4.47. The van der Waals surface area contributed by atoms with E-state index in [0.717, 1.165) is 47.1 Å². The Labute approximate surface area is 169 Å². The lowest BCUT2D eigenvalue weighted by Crippen LogP contribution is -2.31. The van der Waals surface area contributed by atoms with Gasteiger partial charge < -0.3 is 14.2 Å². The Bertz CT molecular complexity index is 932. The van der Waals surface area contributed by atoms with Crippen LogP contribution in [-0.2, 0) is 17.9 Å². The van der Waals surface area contributed by atoms with Crippen LogP contribution in [0.25, 0.3) is 10.8 Å². The Morgan fingerprint density at radius 2 is 1.82 bits per heavy atom. The molecular weight excluding hydrogens is 372 g/mol. The highest BCUT2D eigenvalue weighted by molar-refractivity contribution is 7.99. The summed E-state index contributed by atoms with van der Waals surface area (Å²) in [7, 11) is 0. The largest absolute Gasteiger partial charge is 0.485 e. The average Bonchev–Trinajstić information content (AvgIpc) is 3.13. The molecule has 2 aromatic carbocycles. The number of nitrogens with zero attached hydrogens (tertiary/aromatic N) is 4. The second kappa shape index (κ2) is 9.59. The maximum atomic E-state index is 12.2. The van der Waals surface area contributed by atoms with Crippen molar-refractivity contribution in [3.8, 4) is 5.75 Å². The summed E-state index contributed by atoms with van der Waals surface area (Å²) >= 11 is 1.43. The van der Waals surface area contributed by atoms with Gasteiger partial charge in [0.2, 0.25) is 5.91 Å². The molecule has 0 saturated heterocycles. The SMILES string of the molecule is CCN(CC)C(=O)CSc1nnc(COc2cccc3ccccc23)n1CC. The second-order valence-electron chi connectivity index (χ2n) is 6.26. The summed E-state index contributed by atoms with van der Waals surface area (Å²) in [4.78, 5) is 14.1. The predicted molar refractivity (Wildman–Crippen MR) is 113 cm³/mol. The Morgan fingerprint density at radius 3 is 2.57 bits per heavy atom. The number of thioether (sulfide) groups is 1. The molecule has 3 rings (SSSR count). The van der Waals surface area contributed by atoms with Gasteiger partial charge >= 0.3 is 0 Å². The molecule has 0 bridgehead atoms. The number of carbonyl (C=O) groups is 1. The maximum absolute atomic E-state index is 12.2. The van der Waals surface area contributed by atoms with Gasteiger partial charge in [0.05, 0.1) is 5.75 Å². The molecule has 0 N–H and O–H groups in total. The molecule has 0 unspecified atom stereocenters. The molecule has 0 saturated carbocycles. The topological polar surface area (TPSA) is 60.3 Å². The van der Waals surface area contributed by atoms with Gasteiger partial charge in [-0.15, -0.1) is 10.2 Å². The number of aromatic nitrogens is 3. The molecule has 6 nitrogen and oxygen atoms in total. The van der Waals surface area contributed by atoms with Crippen molar-refractivity contribution >= 4 is 28.4 Å². The number of ether oxygens (including phenoxy) is 1. The molecule has 0 aliphatic heterocycles. The molecule has 148 valence electrons. The molecule has 1 amide bonds. The van der Waals surface area contributed by atoms with E-state index in [2.05, 4.69) is 28.4 Å². The van der Waals surface area contributed by atoms with Gasteiger partial charge in [0.15, 0.2) is 11.0 Å². The van der Waals surface area contributed by atoms with Gasteiger partial charge in [0, 0.05) is 25.0 Å². The smallest absolute Gasteiger partial charge is 0.233 e. The zero-order chi connectivity index (χ0) is 19.9. The molecule has 28 heavy (non-hydrogen) atoms. The lowest BCUT2D eigenvalue weighted by molar-refractivity contribution is -0.127. The maximum Gasteiger partial charge on any atom is 0.233 e. The third-order valence-corrected chi connectivity index (χ3v) is 5.61. The molecule has 7 heteroatoms. The van der Waals surface area contributed by atoms with Crippen molar-refractivity contribution in [2.24, 2.45) is 0 Å². The molecule has 1 aromatic heterocycles. The van der Waals surface area contributed by atoms with Gasteiger partial charge in [-0.25, -0.2) is 0 Å². The third-order valence-electron chi connectivity index (χ3n) is 4.66. The highest BCUT2D eigenvalue weighted by Gasteiger charge is 2.16. The fourth-order valence-electron chi connectivity index (χ4n) is 3.11. The monoisotopic (exact) mass is 398 g/mol. The number of fused-ring (bicyclic) bond motifs is 1. The van der Waals surface area contributed by atoms with Crippen LogP contribution >= 0.6 is 11.8 Å². The summed E-state index contributed by atoms with van der Waals surface area (Å²) < 4.78 is 8.06. The van der Waals surface area contributed by atoms with Crippen LogP contribution in [0.2, 0.25) is 0 Å². The molecule has 0 atom stereocenters. The normalized spacial score (nSPS) is 11.0. The van der Waals surface area contributed by atoms with E-state index in [-0.39, 0.29) is 5.91 Å². The van der Waals surface area contributed by atoms with Gasteiger partial charge in [-0.1, -0.05) is 48.2 Å². The van der Waals surface area contributed by atoms with Crippen LogP contribution < -0.4 is 4.74 Å². The van der Waals surface area contributed by atoms with Crippen molar-refractivity contribution in [2.45, 2.75) is 39.1 Å². The van der Waals surface area contributed by atoms with E-state index < -0.39 is 0 Å². The predicted octanol–water partition coefficient (Wildman–Crippen LogP) is 3.99. The van der Waals surface area contributed by atoms with Crippen molar-refractivity contribution in [3.63, 3.8) is 0 Å². The van der Waals surface area contributed by atoms with Crippen molar-refractivity contribution in [2.75, 3.05) is 18.8 Å². The minimum absolute atomic E-state index is 0.120. The minimum atomic E-state index is 0.120. The first kappa shape index (κ1) is 20.2. The minimum Gasteiger partial charge on any atom is -0.485 e. The number of amides is 1. The van der Waals surface area contributed by atoms with Crippen LogP contribution in [0.3, 0.4) is 0 Å². The summed E-state index contributed by atoms with van der Waals surface area (Å²) in [5.41, 5.74) is 0. The highest BCUT2D eigenvalue weighted by Crippen LogP contribution is 2.26. The molecule has 0 aliphatic carbocycles. The number of hydrogen-bond acceptors (Lipinski definition) is 5. The Balaban J connectivity index is 1.69. The number of rotatable bonds is 9. The van der Waals surface area contributed by atoms with Crippen LogP contribution in [0.4, 0.5) is 0 Å². The van der Waals surface area contributed by atoms with Crippen molar-refractivity contribution < 1.29 is 9.53 Å². The molecule has 0 fully saturated rings. The fraction of sp³-hybridized carbons (Fsp3) is 0.381. The summed E-state index contributed by atoms with van der Waals surface area (Å²) in [6, 6.07) is 14.2. The molecule has 3 aromatic rings. The number of hydrogen-bond donors (Lipinski definition) is 0. The first-order valence-electron chi connectivity index (χ1n) is 9.61. The zero-order valence-electron chi connectivity index (χ0n) is 16.6. The van der Waals surface area contributed by atoms with E-state index in [1.807, 2.05) is 54.5 Å². The van der Waals surface area contributed by atoms with Crippen LogP contribution in [0.15, 0.2) is 47.6 Å². The molecule has 0 aliphatic rings. The highest BCUT2D eigenvalue weighted by atomic mass is 32.2. The van der Waals surface area contributed by atoms with E-state index in [0.29, 0.717) is 12.4 Å². The summed E-state index contributed by atoms with van der Waals surface area (Å²) in [5.74, 6) is 2.07. The Kier molecular flexibility index (Phi) is 6.92. The molecule has 0 spiro atoms. The van der Waals surface area contributed by atoms with Gasteiger partial charge in [-0.05, 0) is 32.2 Å². The fourth-order valence-corrected chi connectivity index (χ4v) is 4.03. The van der Waals surface area contributed by atoms with Crippen molar-refractivity contribution in [3.05, 3.63) is 48.3 Å². The first-order chi connectivity index (χ1) is 13.7. The lowest BCUT2D eigenvalue weighted by Gasteiger charge is -2.18. The van der Waals surface area contributed by atoms with Gasteiger partial charge in [0.25, 0.3) is 0 Å². The number of carbonyl (C=O) groups excluding carboxylic acids is 1. The molecule has 1 heterocycles. The lowest BCUT2D eigenvalue weighted by atomic mass is 10.1. The molecule has 0 radical (unpaired) electrons. The Hall–Kier alpha value is -2.54. The van der Waals surface area contributed by atoms with Gasteiger partial charge in [-0.3, -0.25) is 4.79 Å². The van der Waals surface area contributed by atoms with Crippen LogP contribution in [-0.4, -0.2) is 44.4 Å².